The molecule has 0 bridgehead atoms. The Morgan fingerprint density at radius 2 is 2.07 bits per heavy atom. The number of rotatable bonds is 3. The van der Waals surface area contributed by atoms with Crippen LogP contribution >= 0.6 is 15.9 Å². The fourth-order valence-corrected chi connectivity index (χ4v) is 2.59. The van der Waals surface area contributed by atoms with Crippen LogP contribution in [-0.2, 0) is 10.0 Å². The zero-order valence-corrected chi connectivity index (χ0v) is 10.4. The molecule has 0 aliphatic rings. The van der Waals surface area contributed by atoms with E-state index in [-0.39, 0.29) is 4.66 Å². The minimum atomic E-state index is -3.38. The van der Waals surface area contributed by atoms with Crippen LogP contribution in [0.5, 0.6) is 0 Å². The van der Waals surface area contributed by atoms with E-state index in [1.807, 2.05) is 6.07 Å². The largest absolute Gasteiger partial charge is 0.271 e. The molecule has 6 heteroatoms. The molecule has 1 aromatic carbocycles. The lowest BCUT2D eigenvalue weighted by Gasteiger charge is -2.18. The van der Waals surface area contributed by atoms with Gasteiger partial charge in [0.05, 0.1) is 11.3 Å². The second-order valence-electron chi connectivity index (χ2n) is 2.82. The van der Waals surface area contributed by atoms with E-state index in [2.05, 4.69) is 15.9 Å². The second kappa shape index (κ2) is 4.64. The third-order valence-electron chi connectivity index (χ3n) is 1.92. The molecule has 0 atom stereocenters. The van der Waals surface area contributed by atoms with Crippen molar-refractivity contribution < 1.29 is 8.42 Å². The first kappa shape index (κ1) is 12.0. The summed E-state index contributed by atoms with van der Waals surface area (Å²) >= 11 is 2.90. The van der Waals surface area contributed by atoms with E-state index in [1.165, 1.54) is 7.05 Å². The minimum Gasteiger partial charge on any atom is -0.271 e. The van der Waals surface area contributed by atoms with Gasteiger partial charge in [0.2, 0.25) is 10.0 Å². The fourth-order valence-electron chi connectivity index (χ4n) is 1.07. The van der Waals surface area contributed by atoms with Crippen molar-refractivity contribution in [2.75, 3.05) is 16.0 Å². The van der Waals surface area contributed by atoms with Crippen molar-refractivity contribution in [3.8, 4) is 6.07 Å². The van der Waals surface area contributed by atoms with Crippen LogP contribution in [0.15, 0.2) is 24.3 Å². The molecule has 0 unspecified atom stereocenters. The number of halogens is 1. The van der Waals surface area contributed by atoms with Crippen molar-refractivity contribution in [2.24, 2.45) is 0 Å². The second-order valence-corrected chi connectivity index (χ2v) is 6.12. The standard InChI is InChI=1S/C9H9BrN2O2S/c1-12(15(13,14)7-10)9-5-3-2-4-8(9)6-11/h2-5H,7H2,1H3. The summed E-state index contributed by atoms with van der Waals surface area (Å²) in [5.74, 6) is 0. The monoisotopic (exact) mass is 288 g/mol. The van der Waals surface area contributed by atoms with Crippen molar-refractivity contribution in [1.82, 2.24) is 0 Å². The molecule has 15 heavy (non-hydrogen) atoms. The molecule has 0 aliphatic heterocycles. The lowest BCUT2D eigenvalue weighted by Crippen LogP contribution is -2.27. The quantitative estimate of drug-likeness (QED) is 0.795. The Bertz CT molecular complexity index is 493. The fraction of sp³-hybridized carbons (Fsp3) is 0.222. The lowest BCUT2D eigenvalue weighted by atomic mass is 10.2. The molecule has 4 nitrogen and oxygen atoms in total. The van der Waals surface area contributed by atoms with Crippen LogP contribution < -0.4 is 4.31 Å². The number of benzene rings is 1. The van der Waals surface area contributed by atoms with Gasteiger partial charge in [0, 0.05) is 7.05 Å². The predicted molar refractivity (Wildman–Crippen MR) is 62.3 cm³/mol. The Hall–Kier alpha value is -1.06. The summed E-state index contributed by atoms with van der Waals surface area (Å²) in [6.45, 7) is 0. The van der Waals surface area contributed by atoms with E-state index in [1.54, 1.807) is 24.3 Å². The van der Waals surface area contributed by atoms with Gasteiger partial charge in [-0.25, -0.2) is 8.42 Å². The van der Waals surface area contributed by atoms with Gasteiger partial charge in [-0.1, -0.05) is 28.1 Å². The SMILES string of the molecule is CN(c1ccccc1C#N)S(=O)(=O)CBr. The highest BCUT2D eigenvalue weighted by Crippen LogP contribution is 2.21. The van der Waals surface area contributed by atoms with Crippen molar-refractivity contribution >= 4 is 31.6 Å². The molecular weight excluding hydrogens is 280 g/mol. The van der Waals surface area contributed by atoms with Gasteiger partial charge in [-0.3, -0.25) is 4.31 Å². The summed E-state index contributed by atoms with van der Waals surface area (Å²) in [5.41, 5.74) is 0.726. The van der Waals surface area contributed by atoms with Gasteiger partial charge in [-0.15, -0.1) is 0 Å². The number of hydrogen-bond donors (Lipinski definition) is 0. The smallest absolute Gasteiger partial charge is 0.244 e. The Labute approximate surface area is 97.3 Å². The zero-order chi connectivity index (χ0) is 11.5. The number of hydrogen-bond acceptors (Lipinski definition) is 3. The molecule has 0 aromatic heterocycles. The van der Waals surface area contributed by atoms with E-state index >= 15 is 0 Å². The van der Waals surface area contributed by atoms with Gasteiger partial charge in [0.15, 0.2) is 0 Å². The van der Waals surface area contributed by atoms with Crippen molar-refractivity contribution in [3.63, 3.8) is 0 Å². The molecule has 0 heterocycles. The average Bonchev–Trinajstić information content (AvgIpc) is 2.28. The Morgan fingerprint density at radius 1 is 1.47 bits per heavy atom. The number of para-hydroxylation sites is 1. The molecule has 1 aromatic rings. The molecule has 1 rings (SSSR count). The number of anilines is 1. The van der Waals surface area contributed by atoms with Crippen molar-refractivity contribution in [2.45, 2.75) is 0 Å². The third kappa shape index (κ3) is 2.49. The van der Waals surface area contributed by atoms with Gasteiger partial charge in [0.1, 0.15) is 10.7 Å². The molecule has 0 aliphatic carbocycles. The highest BCUT2D eigenvalue weighted by atomic mass is 79.9. The Balaban J connectivity index is 3.24. The van der Waals surface area contributed by atoms with Crippen LogP contribution in [-0.4, -0.2) is 20.1 Å². The van der Waals surface area contributed by atoms with Crippen LogP contribution in [0.3, 0.4) is 0 Å². The lowest BCUT2D eigenvalue weighted by molar-refractivity contribution is 0.599. The van der Waals surface area contributed by atoms with Gasteiger partial charge in [-0.2, -0.15) is 5.26 Å². The minimum absolute atomic E-state index is 0.170. The first-order valence-electron chi connectivity index (χ1n) is 4.04. The Kier molecular flexibility index (Phi) is 3.72. The first-order valence-corrected chi connectivity index (χ1v) is 6.77. The van der Waals surface area contributed by atoms with Crippen molar-refractivity contribution in [3.05, 3.63) is 29.8 Å². The maximum absolute atomic E-state index is 11.5. The molecule has 0 N–H and O–H groups in total. The van der Waals surface area contributed by atoms with E-state index in [9.17, 15) is 8.42 Å². The first-order chi connectivity index (χ1) is 7.03. The number of sulfonamides is 1. The maximum Gasteiger partial charge on any atom is 0.244 e. The summed E-state index contributed by atoms with van der Waals surface area (Å²) in [4.78, 5) is 0. The van der Waals surface area contributed by atoms with Crippen LogP contribution in [0.2, 0.25) is 0 Å². The normalized spacial score (nSPS) is 10.7. The topological polar surface area (TPSA) is 61.2 Å². The molecule has 0 spiro atoms. The molecule has 0 amide bonds. The van der Waals surface area contributed by atoms with E-state index in [0.29, 0.717) is 11.3 Å². The summed E-state index contributed by atoms with van der Waals surface area (Å²) < 4.78 is 24.0. The summed E-state index contributed by atoms with van der Waals surface area (Å²) in [6, 6.07) is 8.51. The molecular formula is C9H9BrN2O2S. The van der Waals surface area contributed by atoms with Crippen LogP contribution in [0.25, 0.3) is 0 Å². The van der Waals surface area contributed by atoms with E-state index < -0.39 is 10.0 Å². The van der Waals surface area contributed by atoms with Crippen LogP contribution in [0.4, 0.5) is 5.69 Å². The van der Waals surface area contributed by atoms with E-state index in [0.717, 1.165) is 4.31 Å². The molecule has 0 radical (unpaired) electrons. The Morgan fingerprint density at radius 3 is 2.60 bits per heavy atom. The number of nitrogens with zero attached hydrogens (tertiary/aromatic N) is 2. The van der Waals surface area contributed by atoms with Gasteiger partial charge >= 0.3 is 0 Å². The number of alkyl halides is 1. The van der Waals surface area contributed by atoms with Gasteiger partial charge in [-0.05, 0) is 12.1 Å². The predicted octanol–water partition coefficient (Wildman–Crippen LogP) is 1.68. The summed E-state index contributed by atoms with van der Waals surface area (Å²) in [6.07, 6.45) is 0. The highest BCUT2D eigenvalue weighted by Gasteiger charge is 2.18. The highest BCUT2D eigenvalue weighted by molar-refractivity contribution is 9.10. The van der Waals surface area contributed by atoms with Gasteiger partial charge < -0.3 is 0 Å². The molecule has 80 valence electrons. The third-order valence-corrected chi connectivity index (χ3v) is 4.96. The number of nitriles is 1. The summed E-state index contributed by atoms with van der Waals surface area (Å²) in [5, 5.41) is 8.82. The molecule has 0 fully saturated rings. The zero-order valence-electron chi connectivity index (χ0n) is 8.01. The maximum atomic E-state index is 11.5. The van der Waals surface area contributed by atoms with E-state index in [4.69, 9.17) is 5.26 Å². The molecule has 0 saturated carbocycles. The average molecular weight is 289 g/mol. The van der Waals surface area contributed by atoms with Crippen molar-refractivity contribution in [1.29, 1.82) is 5.26 Å². The molecule has 0 saturated heterocycles. The van der Waals surface area contributed by atoms with Crippen LogP contribution in [0, 0.1) is 11.3 Å². The summed E-state index contributed by atoms with van der Waals surface area (Å²) in [7, 11) is -1.96. The van der Waals surface area contributed by atoms with Gasteiger partial charge in [0.25, 0.3) is 0 Å². The van der Waals surface area contributed by atoms with Crippen LogP contribution in [0.1, 0.15) is 5.56 Å².